The summed E-state index contributed by atoms with van der Waals surface area (Å²) in [6, 6.07) is 0. The minimum absolute atomic E-state index is 0.213. The molecular formula is C10H19NO4. The highest BCUT2D eigenvalue weighted by Crippen LogP contribution is 2.40. The molecular weight excluding hydrogens is 198 g/mol. The molecule has 0 aromatic heterocycles. The fourth-order valence-corrected chi connectivity index (χ4v) is 1.29. The maximum absolute atomic E-state index is 10.3. The quantitative estimate of drug-likeness (QED) is 0.590. The summed E-state index contributed by atoms with van der Waals surface area (Å²) in [5.74, 6) is -2.72. The van der Waals surface area contributed by atoms with Crippen molar-refractivity contribution in [2.24, 2.45) is 5.41 Å². The Balaban J connectivity index is 0.000000336. The molecule has 1 fully saturated rings. The van der Waals surface area contributed by atoms with Crippen molar-refractivity contribution < 1.29 is 25.5 Å². The first-order valence-corrected chi connectivity index (χ1v) is 5.25. The number of hydrogen-bond acceptors (Lipinski definition) is 3. The highest BCUT2D eigenvalue weighted by Gasteiger charge is 2.45. The summed E-state index contributed by atoms with van der Waals surface area (Å²) in [7, 11) is 0. The molecule has 4 N–H and O–H groups in total. The van der Waals surface area contributed by atoms with E-state index in [9.17, 15) is 14.7 Å². The van der Waals surface area contributed by atoms with E-state index in [-0.39, 0.29) is 12.8 Å². The largest absolute Gasteiger partial charge is 0.549 e. The number of hydrogen-bond donors (Lipinski definition) is 2. The van der Waals surface area contributed by atoms with Crippen molar-refractivity contribution >= 4 is 11.9 Å². The SMILES string of the molecule is CCCC[NH3+].O=C([O-])C1(C(=O)O)CCC1. The van der Waals surface area contributed by atoms with Gasteiger partial charge in [-0.15, -0.1) is 0 Å². The lowest BCUT2D eigenvalue weighted by atomic mass is 9.69. The average molecular weight is 217 g/mol. The zero-order chi connectivity index (χ0) is 11.9. The number of carbonyl (C=O) groups excluding carboxylic acids is 1. The van der Waals surface area contributed by atoms with E-state index in [1.165, 1.54) is 12.8 Å². The average Bonchev–Trinajstić information content (AvgIpc) is 2.02. The first kappa shape index (κ1) is 13.9. The highest BCUT2D eigenvalue weighted by atomic mass is 16.4. The highest BCUT2D eigenvalue weighted by molar-refractivity contribution is 5.98. The Labute approximate surface area is 89.3 Å². The van der Waals surface area contributed by atoms with Crippen LogP contribution in [-0.2, 0) is 9.59 Å². The van der Waals surface area contributed by atoms with Gasteiger partial charge in [0.1, 0.15) is 5.41 Å². The molecule has 1 saturated carbocycles. The molecule has 88 valence electrons. The first-order chi connectivity index (χ1) is 7.01. The fourth-order valence-electron chi connectivity index (χ4n) is 1.29. The third-order valence-electron chi connectivity index (χ3n) is 2.61. The van der Waals surface area contributed by atoms with E-state index in [2.05, 4.69) is 12.7 Å². The van der Waals surface area contributed by atoms with Crippen LogP contribution in [-0.4, -0.2) is 23.6 Å². The van der Waals surface area contributed by atoms with Crippen LogP contribution < -0.4 is 10.8 Å². The van der Waals surface area contributed by atoms with E-state index >= 15 is 0 Å². The van der Waals surface area contributed by atoms with Crippen LogP contribution in [0.3, 0.4) is 0 Å². The Bertz CT molecular complexity index is 205. The molecule has 0 aromatic rings. The molecule has 0 spiro atoms. The van der Waals surface area contributed by atoms with E-state index in [1.54, 1.807) is 0 Å². The van der Waals surface area contributed by atoms with Gasteiger partial charge in [0.15, 0.2) is 0 Å². The van der Waals surface area contributed by atoms with E-state index in [0.717, 1.165) is 6.54 Å². The molecule has 0 heterocycles. The summed E-state index contributed by atoms with van der Waals surface area (Å²) in [5.41, 5.74) is 2.12. The normalized spacial score (nSPS) is 16.9. The van der Waals surface area contributed by atoms with Gasteiger partial charge in [0.05, 0.1) is 12.5 Å². The van der Waals surface area contributed by atoms with Gasteiger partial charge in [-0.1, -0.05) is 19.8 Å². The van der Waals surface area contributed by atoms with Crippen LogP contribution in [0.25, 0.3) is 0 Å². The van der Waals surface area contributed by atoms with E-state index < -0.39 is 17.4 Å². The van der Waals surface area contributed by atoms with Gasteiger partial charge in [0, 0.05) is 0 Å². The van der Waals surface area contributed by atoms with Crippen molar-refractivity contribution in [2.45, 2.75) is 39.0 Å². The van der Waals surface area contributed by atoms with Crippen molar-refractivity contribution in [3.63, 3.8) is 0 Å². The minimum atomic E-state index is -1.56. The number of unbranched alkanes of at least 4 members (excludes halogenated alkanes) is 1. The number of carbonyl (C=O) groups is 2. The van der Waals surface area contributed by atoms with Crippen LogP contribution in [0.15, 0.2) is 0 Å². The zero-order valence-electron chi connectivity index (χ0n) is 9.12. The molecule has 5 nitrogen and oxygen atoms in total. The first-order valence-electron chi connectivity index (χ1n) is 5.25. The molecule has 0 amide bonds. The van der Waals surface area contributed by atoms with Crippen molar-refractivity contribution in [1.82, 2.24) is 0 Å². The number of carboxylic acids is 2. The lowest BCUT2D eigenvalue weighted by molar-refractivity contribution is -0.368. The third kappa shape index (κ3) is 3.51. The lowest BCUT2D eigenvalue weighted by Crippen LogP contribution is -2.52. The van der Waals surface area contributed by atoms with Crippen LogP contribution in [0.1, 0.15) is 39.0 Å². The maximum atomic E-state index is 10.3. The predicted octanol–water partition coefficient (Wildman–Crippen LogP) is -0.980. The standard InChI is InChI=1S/C6H8O4.C4H11N/c7-4(8)6(5(9)10)2-1-3-6;1-2-3-4-5/h1-3H2,(H,7,8)(H,9,10);2-5H2,1H3. The molecule has 5 heteroatoms. The molecule has 15 heavy (non-hydrogen) atoms. The van der Waals surface area contributed by atoms with Crippen molar-refractivity contribution in [1.29, 1.82) is 0 Å². The Hall–Kier alpha value is -1.10. The van der Waals surface area contributed by atoms with Crippen LogP contribution >= 0.6 is 0 Å². The summed E-state index contributed by atoms with van der Waals surface area (Å²) in [6.07, 6.45) is 3.65. The zero-order valence-corrected chi connectivity index (χ0v) is 9.12. The topological polar surface area (TPSA) is 105 Å². The van der Waals surface area contributed by atoms with Crippen LogP contribution in [0.5, 0.6) is 0 Å². The molecule has 1 rings (SSSR count). The van der Waals surface area contributed by atoms with Gasteiger partial charge in [-0.25, -0.2) is 0 Å². The van der Waals surface area contributed by atoms with Crippen molar-refractivity contribution in [3.8, 4) is 0 Å². The molecule has 0 aliphatic heterocycles. The third-order valence-corrected chi connectivity index (χ3v) is 2.61. The van der Waals surface area contributed by atoms with Gasteiger partial charge >= 0.3 is 5.97 Å². The molecule has 0 aromatic carbocycles. The van der Waals surface area contributed by atoms with Gasteiger partial charge in [0.2, 0.25) is 0 Å². The molecule has 0 atom stereocenters. The lowest BCUT2D eigenvalue weighted by Gasteiger charge is -2.38. The van der Waals surface area contributed by atoms with Gasteiger partial charge in [-0.05, 0) is 19.3 Å². The Morgan fingerprint density at radius 3 is 2.00 bits per heavy atom. The molecule has 0 radical (unpaired) electrons. The molecule has 1 aliphatic carbocycles. The molecule has 1 aliphatic rings. The predicted molar refractivity (Wildman–Crippen MR) is 51.6 cm³/mol. The number of quaternary nitrogens is 1. The number of aliphatic carboxylic acids is 2. The Morgan fingerprint density at radius 2 is 2.00 bits per heavy atom. The van der Waals surface area contributed by atoms with Crippen molar-refractivity contribution in [2.75, 3.05) is 6.54 Å². The number of carboxylic acid groups (broad SMARTS) is 2. The Kier molecular flexibility index (Phi) is 5.93. The summed E-state index contributed by atoms with van der Waals surface area (Å²) >= 11 is 0. The van der Waals surface area contributed by atoms with E-state index in [1.807, 2.05) is 0 Å². The minimum Gasteiger partial charge on any atom is -0.549 e. The number of rotatable bonds is 4. The molecule has 0 bridgehead atoms. The summed E-state index contributed by atoms with van der Waals surface area (Å²) in [4.78, 5) is 20.6. The van der Waals surface area contributed by atoms with Gasteiger partial charge < -0.3 is 20.7 Å². The van der Waals surface area contributed by atoms with Crippen molar-refractivity contribution in [3.05, 3.63) is 0 Å². The van der Waals surface area contributed by atoms with Crippen LogP contribution in [0.4, 0.5) is 0 Å². The Morgan fingerprint density at radius 1 is 1.47 bits per heavy atom. The van der Waals surface area contributed by atoms with Gasteiger partial charge in [0.25, 0.3) is 0 Å². The van der Waals surface area contributed by atoms with E-state index in [4.69, 9.17) is 5.11 Å². The smallest absolute Gasteiger partial charge is 0.315 e. The molecule has 0 unspecified atom stereocenters. The summed E-state index contributed by atoms with van der Waals surface area (Å²) in [5, 5.41) is 18.7. The second-order valence-electron chi connectivity index (χ2n) is 3.74. The van der Waals surface area contributed by atoms with E-state index in [0.29, 0.717) is 6.42 Å². The second-order valence-corrected chi connectivity index (χ2v) is 3.74. The van der Waals surface area contributed by atoms with Crippen LogP contribution in [0, 0.1) is 5.41 Å². The summed E-state index contributed by atoms with van der Waals surface area (Å²) < 4.78 is 0. The fraction of sp³-hybridized carbons (Fsp3) is 0.800. The second kappa shape index (κ2) is 6.40. The van der Waals surface area contributed by atoms with Gasteiger partial charge in [-0.3, -0.25) is 4.79 Å². The van der Waals surface area contributed by atoms with Gasteiger partial charge in [-0.2, -0.15) is 0 Å². The summed E-state index contributed by atoms with van der Waals surface area (Å²) in [6.45, 7) is 3.27. The van der Waals surface area contributed by atoms with Crippen LogP contribution in [0.2, 0.25) is 0 Å². The maximum Gasteiger partial charge on any atom is 0.315 e. The monoisotopic (exact) mass is 217 g/mol. The molecule has 0 saturated heterocycles.